The summed E-state index contributed by atoms with van der Waals surface area (Å²) in [6.45, 7) is 7.15. The Labute approximate surface area is 103 Å². The van der Waals surface area contributed by atoms with Gasteiger partial charge < -0.3 is 10.4 Å². The van der Waals surface area contributed by atoms with Crippen LogP contribution >= 0.6 is 0 Å². The van der Waals surface area contributed by atoms with Gasteiger partial charge in [0.05, 0.1) is 0 Å². The van der Waals surface area contributed by atoms with E-state index in [0.29, 0.717) is 5.75 Å². The molecule has 1 fully saturated rings. The van der Waals surface area contributed by atoms with Crippen LogP contribution in [0.5, 0.6) is 5.75 Å². The summed E-state index contributed by atoms with van der Waals surface area (Å²) in [5, 5.41) is 12.8. The smallest absolute Gasteiger partial charge is 0.115 e. The molecule has 0 heterocycles. The summed E-state index contributed by atoms with van der Waals surface area (Å²) >= 11 is 0. The Balaban J connectivity index is 1.96. The van der Waals surface area contributed by atoms with Gasteiger partial charge in [-0.15, -0.1) is 6.58 Å². The van der Waals surface area contributed by atoms with Gasteiger partial charge in [0.1, 0.15) is 5.75 Å². The summed E-state index contributed by atoms with van der Waals surface area (Å²) in [4.78, 5) is 0. The van der Waals surface area contributed by atoms with Gasteiger partial charge in [0.2, 0.25) is 0 Å². The third kappa shape index (κ3) is 3.60. The van der Waals surface area contributed by atoms with Crippen LogP contribution in [0.1, 0.15) is 25.3 Å². The Morgan fingerprint density at radius 2 is 2.06 bits per heavy atom. The zero-order valence-corrected chi connectivity index (χ0v) is 10.4. The van der Waals surface area contributed by atoms with E-state index in [2.05, 4.69) is 18.8 Å². The first-order valence-electron chi connectivity index (χ1n) is 6.26. The van der Waals surface area contributed by atoms with E-state index in [1.165, 1.54) is 18.4 Å². The second kappa shape index (κ2) is 4.92. The van der Waals surface area contributed by atoms with Gasteiger partial charge in [-0.3, -0.25) is 0 Å². The van der Waals surface area contributed by atoms with Crippen molar-refractivity contribution >= 4 is 0 Å². The van der Waals surface area contributed by atoms with Crippen LogP contribution in [0, 0.1) is 5.41 Å². The average Bonchev–Trinajstić information content (AvgIpc) is 3.14. The van der Waals surface area contributed by atoms with Crippen molar-refractivity contribution in [2.75, 3.05) is 6.54 Å². The lowest BCUT2D eigenvalue weighted by atomic mass is 9.83. The van der Waals surface area contributed by atoms with Crippen LogP contribution in [0.2, 0.25) is 0 Å². The van der Waals surface area contributed by atoms with E-state index in [1.54, 1.807) is 12.1 Å². The van der Waals surface area contributed by atoms with Crippen LogP contribution < -0.4 is 5.32 Å². The first-order chi connectivity index (χ1) is 8.11. The van der Waals surface area contributed by atoms with E-state index in [0.717, 1.165) is 19.0 Å². The molecule has 2 N–H and O–H groups in total. The molecule has 0 saturated heterocycles. The van der Waals surface area contributed by atoms with Crippen LogP contribution in [-0.4, -0.2) is 17.7 Å². The van der Waals surface area contributed by atoms with Crippen LogP contribution in [0.15, 0.2) is 36.9 Å². The third-order valence-corrected chi connectivity index (χ3v) is 3.41. The van der Waals surface area contributed by atoms with E-state index < -0.39 is 0 Å². The topological polar surface area (TPSA) is 32.3 Å². The molecule has 1 atom stereocenters. The van der Waals surface area contributed by atoms with E-state index in [4.69, 9.17) is 0 Å². The van der Waals surface area contributed by atoms with E-state index in [-0.39, 0.29) is 5.41 Å². The van der Waals surface area contributed by atoms with Crippen LogP contribution in [0.4, 0.5) is 0 Å². The lowest BCUT2D eigenvalue weighted by molar-refractivity contribution is 0.389. The van der Waals surface area contributed by atoms with Gasteiger partial charge >= 0.3 is 0 Å². The second-order valence-corrected chi connectivity index (χ2v) is 5.36. The molecule has 0 aliphatic heterocycles. The number of phenols is 1. The van der Waals surface area contributed by atoms with Crippen molar-refractivity contribution in [2.45, 2.75) is 32.2 Å². The third-order valence-electron chi connectivity index (χ3n) is 3.41. The summed E-state index contributed by atoms with van der Waals surface area (Å²) in [6, 6.07) is 8.18. The molecule has 17 heavy (non-hydrogen) atoms. The van der Waals surface area contributed by atoms with Gasteiger partial charge in [-0.25, -0.2) is 0 Å². The molecule has 2 rings (SSSR count). The molecule has 1 aromatic rings. The maximum atomic E-state index is 9.26. The molecule has 0 radical (unpaired) electrons. The number of hydrogen-bond donors (Lipinski definition) is 2. The van der Waals surface area contributed by atoms with Gasteiger partial charge in [0, 0.05) is 18.0 Å². The predicted octanol–water partition coefficient (Wildman–Crippen LogP) is 2.88. The first-order valence-corrected chi connectivity index (χ1v) is 6.26. The van der Waals surface area contributed by atoms with Crippen LogP contribution in [-0.2, 0) is 6.42 Å². The Morgan fingerprint density at radius 1 is 1.41 bits per heavy atom. The fourth-order valence-electron chi connectivity index (χ4n) is 1.95. The minimum Gasteiger partial charge on any atom is -0.508 e. The SMILES string of the molecule is C=CC(C)(CNC1CC1)Cc1ccc(O)cc1. The number of aromatic hydroxyl groups is 1. The molecule has 0 bridgehead atoms. The van der Waals surface area contributed by atoms with Crippen molar-refractivity contribution in [3.05, 3.63) is 42.5 Å². The lowest BCUT2D eigenvalue weighted by Gasteiger charge is -2.26. The Hall–Kier alpha value is -1.28. The molecule has 2 heteroatoms. The average molecular weight is 231 g/mol. The van der Waals surface area contributed by atoms with Crippen molar-refractivity contribution in [1.82, 2.24) is 5.32 Å². The number of benzene rings is 1. The van der Waals surface area contributed by atoms with E-state index in [9.17, 15) is 5.11 Å². The van der Waals surface area contributed by atoms with Gasteiger partial charge in [0.25, 0.3) is 0 Å². The normalized spacial score (nSPS) is 18.6. The minimum atomic E-state index is 0.0829. The van der Waals surface area contributed by atoms with Gasteiger partial charge in [-0.05, 0) is 37.0 Å². The van der Waals surface area contributed by atoms with Crippen LogP contribution in [0.25, 0.3) is 0 Å². The number of nitrogens with one attached hydrogen (secondary N) is 1. The maximum Gasteiger partial charge on any atom is 0.115 e. The van der Waals surface area contributed by atoms with E-state index in [1.807, 2.05) is 18.2 Å². The standard InChI is InChI=1S/C15H21NO/c1-3-15(2,11-16-13-6-7-13)10-12-4-8-14(17)9-5-12/h3-5,8-9,13,16-17H,1,6-7,10-11H2,2H3. The molecular weight excluding hydrogens is 210 g/mol. The largest absolute Gasteiger partial charge is 0.508 e. The number of rotatable bonds is 6. The zero-order chi connectivity index (χ0) is 12.3. The predicted molar refractivity (Wildman–Crippen MR) is 71.1 cm³/mol. The Kier molecular flexibility index (Phi) is 3.53. The molecule has 1 saturated carbocycles. The van der Waals surface area contributed by atoms with E-state index >= 15 is 0 Å². The first kappa shape index (κ1) is 12.2. The summed E-state index contributed by atoms with van der Waals surface area (Å²) in [5.74, 6) is 0.324. The highest BCUT2D eigenvalue weighted by Crippen LogP contribution is 2.26. The molecule has 0 spiro atoms. The highest BCUT2D eigenvalue weighted by Gasteiger charge is 2.26. The van der Waals surface area contributed by atoms with Crippen molar-refractivity contribution in [3.8, 4) is 5.75 Å². The summed E-state index contributed by atoms with van der Waals surface area (Å²) in [7, 11) is 0. The highest BCUT2D eigenvalue weighted by molar-refractivity contribution is 5.27. The molecule has 0 amide bonds. The summed E-state index contributed by atoms with van der Waals surface area (Å²) < 4.78 is 0. The summed E-state index contributed by atoms with van der Waals surface area (Å²) in [5.41, 5.74) is 1.32. The fraction of sp³-hybridized carbons (Fsp3) is 0.467. The number of phenolic OH excluding ortho intramolecular Hbond substituents is 1. The zero-order valence-electron chi connectivity index (χ0n) is 10.4. The van der Waals surface area contributed by atoms with Crippen molar-refractivity contribution in [1.29, 1.82) is 0 Å². The van der Waals surface area contributed by atoms with Gasteiger partial charge in [-0.2, -0.15) is 0 Å². The molecule has 1 aromatic carbocycles. The van der Waals surface area contributed by atoms with Crippen molar-refractivity contribution in [3.63, 3.8) is 0 Å². The molecular formula is C15H21NO. The Morgan fingerprint density at radius 3 is 2.59 bits per heavy atom. The fourth-order valence-corrected chi connectivity index (χ4v) is 1.95. The molecule has 1 aliphatic carbocycles. The van der Waals surface area contributed by atoms with Crippen LogP contribution in [0.3, 0.4) is 0 Å². The maximum absolute atomic E-state index is 9.26. The number of hydrogen-bond acceptors (Lipinski definition) is 2. The monoisotopic (exact) mass is 231 g/mol. The van der Waals surface area contributed by atoms with Gasteiger partial charge in [0.15, 0.2) is 0 Å². The van der Waals surface area contributed by atoms with Crippen molar-refractivity contribution in [2.24, 2.45) is 5.41 Å². The Bertz CT molecular complexity index is 380. The highest BCUT2D eigenvalue weighted by atomic mass is 16.3. The second-order valence-electron chi connectivity index (χ2n) is 5.36. The summed E-state index contributed by atoms with van der Waals surface area (Å²) in [6.07, 6.45) is 5.62. The molecule has 1 aliphatic rings. The molecule has 92 valence electrons. The lowest BCUT2D eigenvalue weighted by Crippen LogP contribution is -2.33. The quantitative estimate of drug-likeness (QED) is 0.738. The molecule has 1 unspecified atom stereocenters. The van der Waals surface area contributed by atoms with Crippen molar-refractivity contribution < 1.29 is 5.11 Å². The minimum absolute atomic E-state index is 0.0829. The molecule has 0 aromatic heterocycles. The van der Waals surface area contributed by atoms with Gasteiger partial charge in [-0.1, -0.05) is 25.1 Å². The molecule has 2 nitrogen and oxygen atoms in total.